The van der Waals surface area contributed by atoms with Crippen LogP contribution in [-0.2, 0) is 16.0 Å². The minimum Gasteiger partial charge on any atom is -0.353 e. The Morgan fingerprint density at radius 1 is 1.32 bits per heavy atom. The largest absolute Gasteiger partial charge is 0.353 e. The molecule has 1 aromatic rings. The number of amides is 2. The Balaban J connectivity index is 2.00. The number of halogens is 1. The van der Waals surface area contributed by atoms with Gasteiger partial charge in [0.1, 0.15) is 5.88 Å². The summed E-state index contributed by atoms with van der Waals surface area (Å²) >= 11 is 5.66. The predicted molar refractivity (Wildman–Crippen MR) is 97.2 cm³/mol. The number of hydrogen-bond acceptors (Lipinski definition) is 4. The number of carbonyl (C=O) groups is 2. The van der Waals surface area contributed by atoms with Gasteiger partial charge in [-0.15, -0.1) is 11.6 Å². The third-order valence-corrected chi connectivity index (χ3v) is 5.02. The zero-order chi connectivity index (χ0) is 18.3. The number of aromatic nitrogens is 2. The van der Waals surface area contributed by atoms with Gasteiger partial charge in [0.2, 0.25) is 11.8 Å². The van der Waals surface area contributed by atoms with E-state index in [0.717, 1.165) is 25.0 Å². The zero-order valence-corrected chi connectivity index (χ0v) is 15.8. The van der Waals surface area contributed by atoms with E-state index in [4.69, 9.17) is 11.6 Å². The Bertz CT molecular complexity index is 572. The van der Waals surface area contributed by atoms with Gasteiger partial charge in [0.25, 0.3) is 0 Å². The summed E-state index contributed by atoms with van der Waals surface area (Å²) in [5.41, 5.74) is 0.520. The van der Waals surface area contributed by atoms with Crippen LogP contribution in [0.3, 0.4) is 0 Å². The fraction of sp³-hybridized carbons (Fsp3) is 0.667. The Kier molecular flexibility index (Phi) is 7.17. The summed E-state index contributed by atoms with van der Waals surface area (Å²) in [6, 6.07) is 0.104. The molecule has 0 unspecified atom stereocenters. The number of carbonyl (C=O) groups excluding carboxylic acids is 2. The minimum atomic E-state index is -0.421. The van der Waals surface area contributed by atoms with Crippen molar-refractivity contribution in [3.05, 3.63) is 24.3 Å². The van der Waals surface area contributed by atoms with Crippen LogP contribution in [0.5, 0.6) is 0 Å². The van der Waals surface area contributed by atoms with Gasteiger partial charge in [-0.2, -0.15) is 0 Å². The molecule has 0 aromatic carbocycles. The van der Waals surface area contributed by atoms with Crippen molar-refractivity contribution in [3.63, 3.8) is 0 Å². The molecule has 138 valence electrons. The molecule has 1 fully saturated rings. The van der Waals surface area contributed by atoms with Crippen LogP contribution < -0.4 is 5.32 Å². The normalized spacial score (nSPS) is 16.7. The van der Waals surface area contributed by atoms with Gasteiger partial charge in [-0.1, -0.05) is 0 Å². The van der Waals surface area contributed by atoms with Crippen molar-refractivity contribution in [2.24, 2.45) is 5.41 Å². The Morgan fingerprint density at radius 2 is 2.04 bits per heavy atom. The van der Waals surface area contributed by atoms with E-state index in [0.29, 0.717) is 25.9 Å². The van der Waals surface area contributed by atoms with Crippen molar-refractivity contribution < 1.29 is 9.59 Å². The van der Waals surface area contributed by atoms with Crippen LogP contribution in [0.2, 0.25) is 0 Å². The molecule has 2 heterocycles. The molecular weight excluding hydrogens is 340 g/mol. The second-order valence-electron chi connectivity index (χ2n) is 6.97. The van der Waals surface area contributed by atoms with E-state index < -0.39 is 5.41 Å². The van der Waals surface area contributed by atoms with Crippen molar-refractivity contribution in [2.45, 2.75) is 52.0 Å². The molecule has 0 spiro atoms. The summed E-state index contributed by atoms with van der Waals surface area (Å²) in [7, 11) is 0. The van der Waals surface area contributed by atoms with Gasteiger partial charge in [-0.05, 0) is 46.0 Å². The van der Waals surface area contributed by atoms with Crippen LogP contribution in [0.4, 0.5) is 0 Å². The van der Waals surface area contributed by atoms with Gasteiger partial charge >= 0.3 is 0 Å². The second-order valence-corrected chi connectivity index (χ2v) is 7.24. The lowest BCUT2D eigenvalue weighted by molar-refractivity contribution is -0.140. The highest BCUT2D eigenvalue weighted by Crippen LogP contribution is 2.37. The lowest BCUT2D eigenvalue weighted by atomic mass is 9.73. The summed E-state index contributed by atoms with van der Waals surface area (Å²) in [6.45, 7) is 5.11. The fourth-order valence-electron chi connectivity index (χ4n) is 3.34. The van der Waals surface area contributed by atoms with Crippen molar-refractivity contribution in [3.8, 4) is 0 Å². The monoisotopic (exact) mass is 366 g/mol. The number of nitrogens with one attached hydrogen (secondary N) is 1. The first kappa shape index (κ1) is 19.6. The van der Waals surface area contributed by atoms with Crippen LogP contribution in [0.15, 0.2) is 18.6 Å². The molecule has 7 heteroatoms. The molecule has 2 amide bonds. The Morgan fingerprint density at radius 3 is 2.60 bits per heavy atom. The molecule has 0 aliphatic carbocycles. The van der Waals surface area contributed by atoms with Crippen LogP contribution >= 0.6 is 11.6 Å². The van der Waals surface area contributed by atoms with E-state index in [9.17, 15) is 9.59 Å². The average molecular weight is 367 g/mol. The van der Waals surface area contributed by atoms with Crippen LogP contribution in [-0.4, -0.2) is 51.7 Å². The standard InChI is InChI=1S/C18H27ClN4O2/c1-14(2)22-17(25)18(5-3-4-15-13-20-8-9-21-15)6-10-23(11-7-18)16(24)12-19/h8-9,13-14H,3-7,10-12H2,1-2H3,(H,22,25). The minimum absolute atomic E-state index is 0.00212. The lowest BCUT2D eigenvalue weighted by Crippen LogP contribution is -2.51. The molecule has 1 saturated heterocycles. The molecule has 0 radical (unpaired) electrons. The molecule has 0 saturated carbocycles. The average Bonchev–Trinajstić information content (AvgIpc) is 2.62. The van der Waals surface area contributed by atoms with Crippen molar-refractivity contribution in [1.82, 2.24) is 20.2 Å². The highest BCUT2D eigenvalue weighted by atomic mass is 35.5. The maximum Gasteiger partial charge on any atom is 0.237 e. The van der Waals surface area contributed by atoms with Gasteiger partial charge in [-0.3, -0.25) is 19.6 Å². The topological polar surface area (TPSA) is 75.2 Å². The van der Waals surface area contributed by atoms with Gasteiger partial charge < -0.3 is 10.2 Å². The number of alkyl halides is 1. The molecule has 1 aliphatic heterocycles. The number of piperidine rings is 1. The highest BCUT2D eigenvalue weighted by molar-refractivity contribution is 6.27. The first-order chi connectivity index (χ1) is 12.0. The van der Waals surface area contributed by atoms with E-state index in [1.807, 2.05) is 13.8 Å². The van der Waals surface area contributed by atoms with Crippen LogP contribution in [0.1, 0.15) is 45.2 Å². The number of aryl methyl sites for hydroxylation is 1. The Labute approximate surface area is 154 Å². The highest BCUT2D eigenvalue weighted by Gasteiger charge is 2.41. The Hall–Kier alpha value is -1.69. The van der Waals surface area contributed by atoms with Crippen molar-refractivity contribution in [2.75, 3.05) is 19.0 Å². The molecule has 25 heavy (non-hydrogen) atoms. The van der Waals surface area contributed by atoms with Crippen molar-refractivity contribution in [1.29, 1.82) is 0 Å². The van der Waals surface area contributed by atoms with Gasteiger partial charge in [0.05, 0.1) is 11.1 Å². The first-order valence-corrected chi connectivity index (χ1v) is 9.40. The molecule has 1 N–H and O–H groups in total. The summed E-state index contributed by atoms with van der Waals surface area (Å²) < 4.78 is 0. The van der Waals surface area contributed by atoms with Crippen LogP contribution in [0.25, 0.3) is 0 Å². The lowest BCUT2D eigenvalue weighted by Gasteiger charge is -2.41. The van der Waals surface area contributed by atoms with E-state index in [-0.39, 0.29) is 23.7 Å². The molecule has 1 aromatic heterocycles. The number of likely N-dealkylation sites (tertiary alicyclic amines) is 1. The van der Waals surface area contributed by atoms with E-state index in [1.165, 1.54) is 0 Å². The maximum atomic E-state index is 12.9. The van der Waals surface area contributed by atoms with Gasteiger partial charge in [0, 0.05) is 37.7 Å². The third-order valence-electron chi connectivity index (χ3n) is 4.79. The van der Waals surface area contributed by atoms with Gasteiger partial charge in [-0.25, -0.2) is 0 Å². The van der Waals surface area contributed by atoms with Crippen LogP contribution in [0, 0.1) is 5.41 Å². The summed E-state index contributed by atoms with van der Waals surface area (Å²) in [5.74, 6) is 0.0384. The molecule has 0 atom stereocenters. The maximum absolute atomic E-state index is 12.9. The smallest absolute Gasteiger partial charge is 0.237 e. The molecular formula is C18H27ClN4O2. The second kappa shape index (κ2) is 9.13. The summed E-state index contributed by atoms with van der Waals surface area (Å²) in [5, 5.41) is 3.06. The number of rotatable bonds is 7. The zero-order valence-electron chi connectivity index (χ0n) is 15.0. The third kappa shape index (κ3) is 5.39. The molecule has 0 bridgehead atoms. The summed E-state index contributed by atoms with van der Waals surface area (Å²) in [6.07, 6.45) is 8.91. The van der Waals surface area contributed by atoms with E-state index in [2.05, 4.69) is 15.3 Å². The quantitative estimate of drug-likeness (QED) is 0.750. The molecule has 1 aliphatic rings. The fourth-order valence-corrected chi connectivity index (χ4v) is 3.51. The first-order valence-electron chi connectivity index (χ1n) is 8.86. The SMILES string of the molecule is CC(C)NC(=O)C1(CCCc2cnccn2)CCN(C(=O)CCl)CC1. The summed E-state index contributed by atoms with van der Waals surface area (Å²) in [4.78, 5) is 34.8. The molecule has 6 nitrogen and oxygen atoms in total. The van der Waals surface area contributed by atoms with Crippen molar-refractivity contribution >= 4 is 23.4 Å². The predicted octanol–water partition coefficient (Wildman–Crippen LogP) is 2.17. The van der Waals surface area contributed by atoms with Gasteiger partial charge in [0.15, 0.2) is 0 Å². The van der Waals surface area contributed by atoms with E-state index >= 15 is 0 Å². The number of hydrogen-bond donors (Lipinski definition) is 1. The molecule has 2 rings (SSSR count). The van der Waals surface area contributed by atoms with E-state index in [1.54, 1.807) is 23.5 Å². The number of nitrogens with zero attached hydrogens (tertiary/aromatic N) is 3.